The fraction of sp³-hybridized carbons (Fsp3) is 1.00. The topological polar surface area (TPSA) is 335 Å². The van der Waals surface area contributed by atoms with Gasteiger partial charge in [-0.05, 0) is 104 Å². The average Bonchev–Trinajstić information content (AvgIpc) is 3.82. The van der Waals surface area contributed by atoms with Crippen LogP contribution in [0.3, 0.4) is 0 Å². The van der Waals surface area contributed by atoms with Gasteiger partial charge in [-0.1, -0.05) is 27.7 Å². The van der Waals surface area contributed by atoms with Crippen molar-refractivity contribution in [2.45, 2.75) is 227 Å². The molecule has 0 bridgehead atoms. The van der Waals surface area contributed by atoms with Gasteiger partial charge >= 0.3 is 0 Å². The zero-order valence-corrected chi connectivity index (χ0v) is 41.7. The Morgan fingerprint density at radius 1 is 0.514 bits per heavy atom. The lowest BCUT2D eigenvalue weighted by Crippen LogP contribution is -2.68. The van der Waals surface area contributed by atoms with E-state index in [1.165, 1.54) is 12.8 Å². The van der Waals surface area contributed by atoms with Gasteiger partial charge in [0, 0.05) is 12.3 Å². The van der Waals surface area contributed by atoms with Gasteiger partial charge in [0.2, 0.25) is 0 Å². The predicted octanol–water partition coefficient (Wildman–Crippen LogP) is -2.27. The number of fused-ring (bicyclic) bond motifs is 7. The fourth-order valence-electron chi connectivity index (χ4n) is 15.9. The standard InChI is InChI=1S/C50H82O22/c1-20-7-12-50(64-18-20)21(2)32-28(72-50)14-26-24-6-5-22-13-23(8-10-48(22,3)25(24)9-11-49(26,32)4)65-45-40(62)37(59)41(31(17-53)68-45)69-47-43(71-46-39(61)36(58)34(56)29(15-51)66-46)42(35(57)30(16-52)67-47)70-44-38(60)33(55)27(54)19-63-44/h20-47,51-62H,5-19H2,1-4H3/t20-,21+,22+,23+,24-,25+,26+,27-,28+,29-,30-,31-,32+,33+,34-,35-,36+,37-,38-,39-,40-,41-,42+,43-,44+,45-,46+,47+,48+,49+,50-/m1/s1. The molecule has 0 radical (unpaired) electrons. The summed E-state index contributed by atoms with van der Waals surface area (Å²) in [6.07, 6.45) is -22.9. The highest BCUT2D eigenvalue weighted by molar-refractivity contribution is 5.15. The first kappa shape index (κ1) is 54.5. The molecule has 22 nitrogen and oxygen atoms in total. The molecule has 6 heterocycles. The third-order valence-electron chi connectivity index (χ3n) is 20.0. The molecule has 6 saturated heterocycles. The van der Waals surface area contributed by atoms with Crippen LogP contribution in [0.25, 0.3) is 0 Å². The molecule has 0 aromatic heterocycles. The van der Waals surface area contributed by atoms with Crippen molar-refractivity contribution in [1.82, 2.24) is 0 Å². The summed E-state index contributed by atoms with van der Waals surface area (Å²) < 4.78 is 61.4. The van der Waals surface area contributed by atoms with Gasteiger partial charge in [0.1, 0.15) is 91.6 Å². The summed E-state index contributed by atoms with van der Waals surface area (Å²) in [4.78, 5) is 0. The Hall–Kier alpha value is -0.880. The fourth-order valence-corrected chi connectivity index (χ4v) is 15.9. The maximum Gasteiger partial charge on any atom is 0.187 e. The van der Waals surface area contributed by atoms with E-state index in [0.29, 0.717) is 47.8 Å². The lowest BCUT2D eigenvalue weighted by Gasteiger charge is -2.61. The largest absolute Gasteiger partial charge is 0.394 e. The summed E-state index contributed by atoms with van der Waals surface area (Å²) >= 11 is 0. The quantitative estimate of drug-likeness (QED) is 0.0971. The Balaban J connectivity index is 0.812. The highest BCUT2D eigenvalue weighted by atomic mass is 16.8. The third-order valence-corrected chi connectivity index (χ3v) is 20.0. The Labute approximate surface area is 419 Å². The number of ether oxygens (including phenoxy) is 10. The summed E-state index contributed by atoms with van der Waals surface area (Å²) in [7, 11) is 0. The minimum Gasteiger partial charge on any atom is -0.394 e. The second-order valence-corrected chi connectivity index (χ2v) is 23.9. The maximum absolute atomic E-state index is 11.8. The molecule has 0 amide bonds. The highest BCUT2D eigenvalue weighted by Gasteiger charge is 2.69. The van der Waals surface area contributed by atoms with Gasteiger partial charge in [0.05, 0.1) is 45.2 Å². The third kappa shape index (κ3) is 9.26. The molecular weight excluding hydrogens is 953 g/mol. The molecular formula is C50H82O22. The normalized spacial score (nSPS) is 57.8. The van der Waals surface area contributed by atoms with Crippen molar-refractivity contribution in [3.05, 3.63) is 0 Å². The minimum atomic E-state index is -2.00. The van der Waals surface area contributed by atoms with Crippen LogP contribution in [-0.4, -0.2) is 229 Å². The van der Waals surface area contributed by atoms with Gasteiger partial charge < -0.3 is 109 Å². The molecule has 4 saturated carbocycles. The van der Waals surface area contributed by atoms with Crippen LogP contribution in [0.2, 0.25) is 0 Å². The summed E-state index contributed by atoms with van der Waals surface area (Å²) in [5, 5.41) is 129. The lowest BCUT2D eigenvalue weighted by molar-refractivity contribution is -0.404. The Morgan fingerprint density at radius 3 is 1.85 bits per heavy atom. The van der Waals surface area contributed by atoms with Gasteiger partial charge in [-0.2, -0.15) is 0 Å². The van der Waals surface area contributed by atoms with Crippen LogP contribution in [0.15, 0.2) is 0 Å². The van der Waals surface area contributed by atoms with Crippen molar-refractivity contribution in [3.8, 4) is 0 Å². The first-order valence-corrected chi connectivity index (χ1v) is 26.7. The Bertz CT molecular complexity index is 1830. The van der Waals surface area contributed by atoms with E-state index in [-0.39, 0.29) is 23.0 Å². The molecule has 12 N–H and O–H groups in total. The number of aliphatic hydroxyl groups excluding tert-OH is 12. The molecule has 0 aromatic rings. The molecule has 10 aliphatic rings. The summed E-state index contributed by atoms with van der Waals surface area (Å²) in [6, 6.07) is 0. The monoisotopic (exact) mass is 1030 g/mol. The smallest absolute Gasteiger partial charge is 0.187 e. The first-order chi connectivity index (χ1) is 34.3. The molecule has 6 aliphatic heterocycles. The average molecular weight is 1040 g/mol. The second-order valence-electron chi connectivity index (χ2n) is 23.9. The Kier molecular flexibility index (Phi) is 15.9. The predicted molar refractivity (Wildman–Crippen MR) is 242 cm³/mol. The van der Waals surface area contributed by atoms with Crippen molar-refractivity contribution in [2.75, 3.05) is 33.0 Å². The van der Waals surface area contributed by atoms with E-state index in [2.05, 4.69) is 27.7 Å². The van der Waals surface area contributed by atoms with Gasteiger partial charge in [-0.3, -0.25) is 0 Å². The maximum atomic E-state index is 11.8. The van der Waals surface area contributed by atoms with Gasteiger partial charge in [-0.15, -0.1) is 0 Å². The SMILES string of the molecule is C[C@@H]1CC[C@@]2(OC1)O[C@H]1C[C@H]3[C@@H]4CC[C@H]5C[C@@H](O[C@@H]6O[C@H](CO)[C@@H](O[C@@H]7O[C@H](CO)[C@@H](O)[C@H](O[C@@H]8OC[C@@H](O)[C@H](O)[C@H]8O)[C@H]7O[C@@H]7O[C@H](CO)[C@@H](O)[C@H](O)[C@H]7O)[C@H](O)[C@H]6O)CC[C@]5(C)[C@H]4CC[C@]3(C)[C@H]1[C@@H]2C. The van der Waals surface area contributed by atoms with E-state index in [0.717, 1.165) is 51.6 Å². The summed E-state index contributed by atoms with van der Waals surface area (Å²) in [5.41, 5.74) is 0.293. The number of hydrogen-bond acceptors (Lipinski definition) is 22. The number of hydrogen-bond donors (Lipinski definition) is 12. The number of rotatable bonds is 11. The summed E-state index contributed by atoms with van der Waals surface area (Å²) in [6.45, 7) is 7.42. The van der Waals surface area contributed by atoms with Crippen LogP contribution in [-0.2, 0) is 47.4 Å². The molecule has 72 heavy (non-hydrogen) atoms. The minimum absolute atomic E-state index is 0.0916. The van der Waals surface area contributed by atoms with E-state index in [1.807, 2.05) is 0 Å². The van der Waals surface area contributed by atoms with Gasteiger partial charge in [-0.25, -0.2) is 0 Å². The van der Waals surface area contributed by atoms with Gasteiger partial charge in [0.15, 0.2) is 30.9 Å². The molecule has 1 spiro atoms. The zero-order chi connectivity index (χ0) is 51.3. The van der Waals surface area contributed by atoms with E-state index in [4.69, 9.17) is 47.4 Å². The summed E-state index contributed by atoms with van der Waals surface area (Å²) in [5.74, 6) is 3.06. The van der Waals surface area contributed by atoms with Gasteiger partial charge in [0.25, 0.3) is 0 Å². The molecule has 10 rings (SSSR count). The Morgan fingerprint density at radius 2 is 1.14 bits per heavy atom. The highest BCUT2D eigenvalue weighted by Crippen LogP contribution is 2.71. The molecule has 0 aromatic carbocycles. The van der Waals surface area contributed by atoms with Crippen LogP contribution < -0.4 is 0 Å². The molecule has 10 fully saturated rings. The van der Waals surface area contributed by atoms with Crippen LogP contribution in [0.4, 0.5) is 0 Å². The molecule has 22 heteroatoms. The molecule has 31 atom stereocenters. The van der Waals surface area contributed by atoms with Crippen LogP contribution >= 0.6 is 0 Å². The van der Waals surface area contributed by atoms with E-state index < -0.39 is 149 Å². The first-order valence-electron chi connectivity index (χ1n) is 26.7. The van der Waals surface area contributed by atoms with Crippen LogP contribution in [0.1, 0.15) is 91.9 Å². The van der Waals surface area contributed by atoms with Crippen LogP contribution in [0, 0.1) is 52.3 Å². The van der Waals surface area contributed by atoms with Crippen molar-refractivity contribution < 1.29 is 109 Å². The lowest BCUT2D eigenvalue weighted by atomic mass is 9.44. The van der Waals surface area contributed by atoms with Crippen molar-refractivity contribution in [1.29, 1.82) is 0 Å². The number of aliphatic hydroxyl groups is 12. The van der Waals surface area contributed by atoms with E-state index in [9.17, 15) is 61.3 Å². The molecule has 0 unspecified atom stereocenters. The van der Waals surface area contributed by atoms with E-state index in [1.54, 1.807) is 0 Å². The zero-order valence-electron chi connectivity index (χ0n) is 41.7. The second kappa shape index (κ2) is 21.1. The van der Waals surface area contributed by atoms with Crippen LogP contribution in [0.5, 0.6) is 0 Å². The van der Waals surface area contributed by atoms with Crippen molar-refractivity contribution in [3.63, 3.8) is 0 Å². The van der Waals surface area contributed by atoms with E-state index >= 15 is 0 Å². The molecule has 4 aliphatic carbocycles. The van der Waals surface area contributed by atoms with Crippen molar-refractivity contribution >= 4 is 0 Å². The van der Waals surface area contributed by atoms with Crippen molar-refractivity contribution in [2.24, 2.45) is 52.3 Å². The molecule has 414 valence electrons.